The molecule has 53 heavy (non-hydrogen) atoms. The first kappa shape index (κ1) is 38.7. The van der Waals surface area contributed by atoms with Crippen LogP contribution < -0.4 is 24.8 Å². The third kappa shape index (κ3) is 7.53. The molecule has 0 fully saturated rings. The molecule has 2 aromatic heterocycles. The maximum absolute atomic E-state index is 4.97. The van der Waals surface area contributed by atoms with Gasteiger partial charge in [0.15, 0.2) is 0 Å². The number of nitrogens with zero attached hydrogens (tertiary/aromatic N) is 2. The molecule has 0 radical (unpaired) electrons. The zero-order valence-electron chi connectivity index (χ0n) is 31.2. The van der Waals surface area contributed by atoms with Crippen molar-refractivity contribution in [3.8, 4) is 22.3 Å². The molecule has 2 heterocycles. The zero-order chi connectivity index (χ0) is 35.3. The molecule has 0 N–H and O–H groups in total. The van der Waals surface area contributed by atoms with Crippen LogP contribution in [0, 0.1) is 0 Å². The van der Waals surface area contributed by atoms with Gasteiger partial charge in [-0.25, -0.2) is 0 Å². The summed E-state index contributed by atoms with van der Waals surface area (Å²) in [4.78, 5) is 9.94. The van der Waals surface area contributed by atoms with Crippen LogP contribution in [0.15, 0.2) is 141 Å². The Hall–Kier alpha value is -4.05. The predicted octanol–water partition coefficient (Wildman–Crippen LogP) is 6.17. The molecule has 5 heteroatoms. The van der Waals surface area contributed by atoms with Crippen molar-refractivity contribution in [1.82, 2.24) is 9.97 Å². The molecule has 4 aromatic carbocycles. The average Bonchev–Trinajstić information content (AvgIpc) is 3.69. The van der Waals surface area contributed by atoms with Gasteiger partial charge in [-0.15, -0.1) is 0 Å². The number of aromatic nitrogens is 2. The molecule has 2 aliphatic carbocycles. The number of hydrogen-bond donors (Lipinski definition) is 0. The van der Waals surface area contributed by atoms with E-state index in [1.54, 1.807) is 0 Å². The number of fused-ring (bicyclic) bond motifs is 2. The Morgan fingerprint density at radius 3 is 1.19 bits per heavy atom. The van der Waals surface area contributed by atoms with Crippen LogP contribution in [0.3, 0.4) is 0 Å². The molecular weight excluding hydrogens is 723 g/mol. The first-order chi connectivity index (χ1) is 24.6. The summed E-state index contributed by atoms with van der Waals surface area (Å²) >= 11 is -0.768. The van der Waals surface area contributed by atoms with Crippen LogP contribution >= 0.6 is 0 Å². The Morgan fingerprint density at radius 1 is 0.453 bits per heavy atom. The molecule has 2 unspecified atom stereocenters. The van der Waals surface area contributed by atoms with Crippen LogP contribution in [0.1, 0.15) is 98.1 Å². The minimum atomic E-state index is -0.768. The molecule has 6 aromatic rings. The molecule has 0 saturated heterocycles. The summed E-state index contributed by atoms with van der Waals surface area (Å²) in [5.74, 6) is 0.266. The van der Waals surface area contributed by atoms with Crippen molar-refractivity contribution in [2.75, 3.05) is 0 Å². The molecule has 8 rings (SSSR count). The number of halogens is 2. The van der Waals surface area contributed by atoms with Gasteiger partial charge in [-0.2, -0.15) is 0 Å². The van der Waals surface area contributed by atoms with Gasteiger partial charge in [0.2, 0.25) is 0 Å². The van der Waals surface area contributed by atoms with E-state index in [4.69, 9.17) is 9.97 Å². The molecule has 0 saturated carbocycles. The SMILES string of the molecule is CC(C)(C)c1ccc(-c2cccc3c2C=[C]([Ti+2][C]2=Cc4c(-c5ccc(C(C)(C)C)cc5)cccc4C2c2ccccn2)C3c2ccccn2)cc1.[Cl-].[Cl-]. The van der Waals surface area contributed by atoms with Crippen LogP contribution in [0.25, 0.3) is 34.4 Å². The molecule has 0 spiro atoms. The second-order valence-electron chi connectivity index (χ2n) is 16.0. The molecule has 0 aliphatic heterocycles. The Morgan fingerprint density at radius 2 is 0.849 bits per heavy atom. The molecule has 0 bridgehead atoms. The van der Waals surface area contributed by atoms with Crippen molar-refractivity contribution in [3.63, 3.8) is 0 Å². The third-order valence-electron chi connectivity index (χ3n) is 10.5. The summed E-state index contributed by atoms with van der Waals surface area (Å²) in [5, 5.41) is 0. The first-order valence-corrected chi connectivity index (χ1v) is 19.6. The summed E-state index contributed by atoms with van der Waals surface area (Å²) in [6.07, 6.45) is 8.93. The van der Waals surface area contributed by atoms with E-state index in [1.807, 2.05) is 24.5 Å². The minimum Gasteiger partial charge on any atom is -1.00 e. The molecule has 2 atom stereocenters. The zero-order valence-corrected chi connectivity index (χ0v) is 34.2. The number of hydrogen-bond acceptors (Lipinski definition) is 2. The Labute approximate surface area is 336 Å². The normalized spacial score (nSPS) is 16.0. The van der Waals surface area contributed by atoms with Gasteiger partial charge in [0, 0.05) is 0 Å². The van der Waals surface area contributed by atoms with Crippen LogP contribution in [-0.4, -0.2) is 9.97 Å². The quantitative estimate of drug-likeness (QED) is 0.190. The van der Waals surface area contributed by atoms with Gasteiger partial charge in [-0.05, 0) is 0 Å². The second-order valence-corrected chi connectivity index (χ2v) is 18.2. The minimum absolute atomic E-state index is 0. The summed E-state index contributed by atoms with van der Waals surface area (Å²) in [6, 6.07) is 44.8. The van der Waals surface area contributed by atoms with E-state index in [0.717, 1.165) is 11.4 Å². The molecule has 264 valence electrons. The fourth-order valence-corrected chi connectivity index (χ4v) is 10.3. The van der Waals surface area contributed by atoms with Crippen LogP contribution in [0.5, 0.6) is 0 Å². The van der Waals surface area contributed by atoms with Crippen LogP contribution in [-0.2, 0) is 30.0 Å². The van der Waals surface area contributed by atoms with Crippen molar-refractivity contribution < 1.29 is 44.0 Å². The second kappa shape index (κ2) is 15.4. The monoisotopic (exact) mass is 766 g/mol. The van der Waals surface area contributed by atoms with E-state index in [0.29, 0.717) is 0 Å². The largest absolute Gasteiger partial charge is 1.00 e. The third-order valence-corrected chi connectivity index (χ3v) is 12.8. The summed E-state index contributed by atoms with van der Waals surface area (Å²) < 4.78 is 3.00. The van der Waals surface area contributed by atoms with Gasteiger partial charge in [0.25, 0.3) is 0 Å². The predicted molar refractivity (Wildman–Crippen MR) is 209 cm³/mol. The van der Waals surface area contributed by atoms with Crippen LogP contribution in [0.2, 0.25) is 0 Å². The van der Waals surface area contributed by atoms with Gasteiger partial charge in [-0.3, -0.25) is 0 Å². The van der Waals surface area contributed by atoms with E-state index in [2.05, 4.69) is 163 Å². The maximum Gasteiger partial charge on any atom is -1.00 e. The van der Waals surface area contributed by atoms with Crippen molar-refractivity contribution in [2.45, 2.75) is 64.2 Å². The maximum atomic E-state index is 4.97. The molecule has 0 amide bonds. The van der Waals surface area contributed by atoms with E-state index < -0.39 is 19.2 Å². The summed E-state index contributed by atoms with van der Waals surface area (Å²) in [6.45, 7) is 13.7. The average molecular weight is 768 g/mol. The topological polar surface area (TPSA) is 25.8 Å². The summed E-state index contributed by atoms with van der Waals surface area (Å²) in [7, 11) is 0. The molecular formula is C48H44Cl2N2Ti. The number of allylic oxidation sites excluding steroid dienone is 2. The fraction of sp³-hybridized carbons (Fsp3) is 0.208. The standard InChI is InChI=1S/2C24H22N.2ClH.Ti/c2*1-24(2,3)18-12-10-17(11-13-18)19-7-6-8-20-21(19)14-15-22(20)23-9-4-5-16-25-23;;;/h2*4-14,16,22H,1-3H3;2*1H;/q;;;;+2/p-2. The molecule has 2 aliphatic rings. The Kier molecular flexibility index (Phi) is 11.2. The summed E-state index contributed by atoms with van der Waals surface area (Å²) in [5.41, 5.74) is 15.7. The number of benzene rings is 4. The van der Waals surface area contributed by atoms with Crippen LogP contribution in [0.4, 0.5) is 0 Å². The van der Waals surface area contributed by atoms with Gasteiger partial charge in [0.1, 0.15) is 0 Å². The van der Waals surface area contributed by atoms with Crippen molar-refractivity contribution in [1.29, 1.82) is 0 Å². The number of rotatable bonds is 6. The van der Waals surface area contributed by atoms with Gasteiger partial charge in [-0.1, -0.05) is 0 Å². The van der Waals surface area contributed by atoms with Crippen molar-refractivity contribution >= 4 is 12.2 Å². The van der Waals surface area contributed by atoms with E-state index in [1.165, 1.54) is 63.4 Å². The fourth-order valence-electron chi connectivity index (χ4n) is 7.72. The Balaban J connectivity index is 0.00000240. The Bertz CT molecular complexity index is 2120. The molecule has 2 nitrogen and oxygen atoms in total. The van der Waals surface area contributed by atoms with E-state index >= 15 is 0 Å². The van der Waals surface area contributed by atoms with Gasteiger partial charge < -0.3 is 24.8 Å². The first-order valence-electron chi connectivity index (χ1n) is 18.1. The van der Waals surface area contributed by atoms with E-state index in [9.17, 15) is 0 Å². The number of pyridine rings is 2. The van der Waals surface area contributed by atoms with Gasteiger partial charge >= 0.3 is 314 Å². The smallest absolute Gasteiger partial charge is 1.00 e. The van der Waals surface area contributed by atoms with Crippen molar-refractivity contribution in [3.05, 3.63) is 186 Å². The van der Waals surface area contributed by atoms with Gasteiger partial charge in [0.05, 0.1) is 0 Å². The van der Waals surface area contributed by atoms with E-state index in [-0.39, 0.29) is 47.5 Å². The van der Waals surface area contributed by atoms with Crippen molar-refractivity contribution in [2.24, 2.45) is 0 Å².